The van der Waals surface area contributed by atoms with E-state index in [1.165, 1.54) is 44.9 Å². The van der Waals surface area contributed by atoms with E-state index in [0.29, 0.717) is 17.9 Å². The van der Waals surface area contributed by atoms with Gasteiger partial charge in [-0.15, -0.1) is 0 Å². The molecular weight excluding hydrogens is 248 g/mol. The summed E-state index contributed by atoms with van der Waals surface area (Å²) in [5.74, 6) is 2.68. The molecule has 20 heavy (non-hydrogen) atoms. The summed E-state index contributed by atoms with van der Waals surface area (Å²) in [5, 5.41) is 0. The molecule has 0 aromatic heterocycles. The Morgan fingerprint density at radius 1 is 1.00 bits per heavy atom. The first kappa shape index (κ1) is 14.4. The highest BCUT2D eigenvalue weighted by Gasteiger charge is 2.33. The molecule has 4 unspecified atom stereocenters. The van der Waals surface area contributed by atoms with Crippen molar-refractivity contribution in [1.29, 1.82) is 0 Å². The summed E-state index contributed by atoms with van der Waals surface area (Å²) in [5.41, 5.74) is 6.04. The Kier molecular flexibility index (Phi) is 4.65. The van der Waals surface area contributed by atoms with Crippen LogP contribution in [0.1, 0.15) is 64.2 Å². The Labute approximate surface area is 123 Å². The van der Waals surface area contributed by atoms with E-state index < -0.39 is 0 Å². The molecule has 1 aliphatic heterocycles. The molecule has 0 aromatic rings. The topological polar surface area (TPSA) is 46.3 Å². The number of amides is 1. The summed E-state index contributed by atoms with van der Waals surface area (Å²) in [6, 6.07) is 0.339. The maximum Gasteiger partial charge on any atom is 0.222 e. The fraction of sp³-hybridized carbons (Fsp3) is 0.941. The van der Waals surface area contributed by atoms with Crippen molar-refractivity contribution in [2.75, 3.05) is 13.1 Å². The Morgan fingerprint density at radius 2 is 1.80 bits per heavy atom. The minimum Gasteiger partial charge on any atom is -0.342 e. The zero-order valence-electron chi connectivity index (χ0n) is 12.7. The highest BCUT2D eigenvalue weighted by molar-refractivity contribution is 5.76. The SMILES string of the molecule is NC1CCCC(CC(=O)N2CCC3CCCCC3C2)C1. The molecule has 2 saturated carbocycles. The fourth-order valence-electron chi connectivity index (χ4n) is 4.72. The molecule has 2 aliphatic carbocycles. The number of carbonyl (C=O) groups excluding carboxylic acids is 1. The van der Waals surface area contributed by atoms with Gasteiger partial charge in [-0.05, 0) is 49.9 Å². The van der Waals surface area contributed by atoms with Crippen molar-refractivity contribution in [3.8, 4) is 0 Å². The van der Waals surface area contributed by atoms with E-state index >= 15 is 0 Å². The third-order valence-corrected chi connectivity index (χ3v) is 5.93. The van der Waals surface area contributed by atoms with E-state index in [9.17, 15) is 4.79 Å². The average molecular weight is 278 g/mol. The van der Waals surface area contributed by atoms with Crippen molar-refractivity contribution in [3.05, 3.63) is 0 Å². The largest absolute Gasteiger partial charge is 0.342 e. The number of piperidine rings is 1. The average Bonchev–Trinajstić information content (AvgIpc) is 2.47. The van der Waals surface area contributed by atoms with Gasteiger partial charge in [-0.25, -0.2) is 0 Å². The standard InChI is InChI=1S/C17H30N2O/c18-16-7-3-4-13(10-16)11-17(20)19-9-8-14-5-1-2-6-15(14)12-19/h13-16H,1-12,18H2. The molecule has 0 bridgehead atoms. The van der Waals surface area contributed by atoms with Crippen molar-refractivity contribution in [2.45, 2.75) is 70.3 Å². The van der Waals surface area contributed by atoms with E-state index in [2.05, 4.69) is 4.90 Å². The maximum atomic E-state index is 12.5. The predicted octanol–water partition coefficient (Wildman–Crippen LogP) is 2.93. The molecular formula is C17H30N2O. The number of carbonyl (C=O) groups is 1. The van der Waals surface area contributed by atoms with Gasteiger partial charge in [-0.1, -0.05) is 25.7 Å². The lowest BCUT2D eigenvalue weighted by atomic mass is 9.75. The lowest BCUT2D eigenvalue weighted by Crippen LogP contribution is -2.45. The molecule has 1 saturated heterocycles. The van der Waals surface area contributed by atoms with Gasteiger partial charge in [-0.2, -0.15) is 0 Å². The van der Waals surface area contributed by atoms with Gasteiger partial charge in [-0.3, -0.25) is 4.79 Å². The summed E-state index contributed by atoms with van der Waals surface area (Å²) in [6.07, 6.45) is 12.2. The summed E-state index contributed by atoms with van der Waals surface area (Å²) < 4.78 is 0. The Balaban J connectivity index is 1.50. The van der Waals surface area contributed by atoms with E-state index in [4.69, 9.17) is 5.73 Å². The lowest BCUT2D eigenvalue weighted by molar-refractivity contribution is -0.135. The van der Waals surface area contributed by atoms with Crippen molar-refractivity contribution in [1.82, 2.24) is 4.90 Å². The fourth-order valence-corrected chi connectivity index (χ4v) is 4.72. The van der Waals surface area contributed by atoms with Crippen molar-refractivity contribution >= 4 is 5.91 Å². The number of hydrogen-bond acceptors (Lipinski definition) is 2. The van der Waals surface area contributed by atoms with Crippen LogP contribution in [0.2, 0.25) is 0 Å². The maximum absolute atomic E-state index is 12.5. The van der Waals surface area contributed by atoms with Gasteiger partial charge in [0, 0.05) is 25.6 Å². The van der Waals surface area contributed by atoms with Crippen LogP contribution in [0.15, 0.2) is 0 Å². The van der Waals surface area contributed by atoms with Crippen molar-refractivity contribution < 1.29 is 4.79 Å². The van der Waals surface area contributed by atoms with Gasteiger partial charge in [0.1, 0.15) is 0 Å². The van der Waals surface area contributed by atoms with Crippen LogP contribution in [0, 0.1) is 17.8 Å². The van der Waals surface area contributed by atoms with Crippen LogP contribution in [0.25, 0.3) is 0 Å². The van der Waals surface area contributed by atoms with Gasteiger partial charge in [0.05, 0.1) is 0 Å². The summed E-state index contributed by atoms with van der Waals surface area (Å²) in [7, 11) is 0. The first-order valence-corrected chi connectivity index (χ1v) is 8.75. The summed E-state index contributed by atoms with van der Waals surface area (Å²) in [6.45, 7) is 2.06. The Bertz CT molecular complexity index is 344. The van der Waals surface area contributed by atoms with Crippen molar-refractivity contribution in [2.24, 2.45) is 23.5 Å². The third kappa shape index (κ3) is 3.36. The van der Waals surface area contributed by atoms with Gasteiger partial charge in [0.15, 0.2) is 0 Å². The lowest BCUT2D eigenvalue weighted by Gasteiger charge is -2.41. The van der Waals surface area contributed by atoms with Gasteiger partial charge >= 0.3 is 0 Å². The predicted molar refractivity (Wildman–Crippen MR) is 81.2 cm³/mol. The van der Waals surface area contributed by atoms with Crippen LogP contribution in [-0.4, -0.2) is 29.9 Å². The number of hydrogen-bond donors (Lipinski definition) is 1. The molecule has 3 heteroatoms. The molecule has 3 rings (SSSR count). The normalized spacial score (nSPS) is 38.4. The second kappa shape index (κ2) is 6.46. The molecule has 3 fully saturated rings. The van der Waals surface area contributed by atoms with Crippen LogP contribution < -0.4 is 5.73 Å². The Morgan fingerprint density at radius 3 is 2.60 bits per heavy atom. The minimum absolute atomic E-state index is 0.339. The van der Waals surface area contributed by atoms with Crippen LogP contribution in [0.4, 0.5) is 0 Å². The number of rotatable bonds is 2. The van der Waals surface area contributed by atoms with E-state index in [-0.39, 0.29) is 0 Å². The summed E-state index contributed by atoms with van der Waals surface area (Å²) >= 11 is 0. The molecule has 114 valence electrons. The number of nitrogens with two attached hydrogens (primary N) is 1. The van der Waals surface area contributed by atoms with Crippen LogP contribution >= 0.6 is 0 Å². The monoisotopic (exact) mass is 278 g/mol. The first-order valence-electron chi connectivity index (χ1n) is 8.75. The second-order valence-electron chi connectivity index (χ2n) is 7.43. The number of fused-ring (bicyclic) bond motifs is 1. The molecule has 0 spiro atoms. The van der Waals surface area contributed by atoms with Gasteiger partial charge in [0.2, 0.25) is 5.91 Å². The highest BCUT2D eigenvalue weighted by atomic mass is 16.2. The molecule has 3 aliphatic rings. The Hall–Kier alpha value is -0.570. The quantitative estimate of drug-likeness (QED) is 0.844. The van der Waals surface area contributed by atoms with Crippen LogP contribution in [-0.2, 0) is 4.79 Å². The molecule has 3 nitrogen and oxygen atoms in total. The molecule has 2 N–H and O–H groups in total. The minimum atomic E-state index is 0.339. The second-order valence-corrected chi connectivity index (χ2v) is 7.43. The molecule has 4 atom stereocenters. The van der Waals surface area contributed by atoms with E-state index in [0.717, 1.165) is 44.2 Å². The third-order valence-electron chi connectivity index (χ3n) is 5.93. The van der Waals surface area contributed by atoms with E-state index in [1.807, 2.05) is 0 Å². The van der Waals surface area contributed by atoms with Gasteiger partial charge < -0.3 is 10.6 Å². The molecule has 0 aromatic carbocycles. The summed E-state index contributed by atoms with van der Waals surface area (Å²) in [4.78, 5) is 14.7. The first-order chi connectivity index (χ1) is 9.72. The molecule has 1 heterocycles. The zero-order chi connectivity index (χ0) is 13.9. The molecule has 1 amide bonds. The van der Waals surface area contributed by atoms with Gasteiger partial charge in [0.25, 0.3) is 0 Å². The van der Waals surface area contributed by atoms with E-state index in [1.54, 1.807) is 0 Å². The van der Waals surface area contributed by atoms with Crippen LogP contribution in [0.5, 0.6) is 0 Å². The van der Waals surface area contributed by atoms with Crippen molar-refractivity contribution in [3.63, 3.8) is 0 Å². The zero-order valence-corrected chi connectivity index (χ0v) is 12.7. The highest BCUT2D eigenvalue weighted by Crippen LogP contribution is 2.36. The number of nitrogens with zero attached hydrogens (tertiary/aromatic N) is 1. The number of likely N-dealkylation sites (tertiary alicyclic amines) is 1. The molecule has 0 radical (unpaired) electrons. The van der Waals surface area contributed by atoms with Crippen LogP contribution in [0.3, 0.4) is 0 Å². The smallest absolute Gasteiger partial charge is 0.222 e.